The molecule has 1 saturated carbocycles. The van der Waals surface area contributed by atoms with Gasteiger partial charge in [-0.2, -0.15) is 9.67 Å². The van der Waals surface area contributed by atoms with Crippen LogP contribution < -0.4 is 11.1 Å². The Bertz CT molecular complexity index is 924. The molecule has 2 atom stereocenters. The molecule has 3 N–H and O–H groups in total. The minimum absolute atomic E-state index is 0.114. The summed E-state index contributed by atoms with van der Waals surface area (Å²) in [6, 6.07) is 8.96. The van der Waals surface area contributed by atoms with Gasteiger partial charge in [-0.05, 0) is 48.8 Å². The van der Waals surface area contributed by atoms with E-state index < -0.39 is 0 Å². The number of benzene rings is 1. The summed E-state index contributed by atoms with van der Waals surface area (Å²) in [4.78, 5) is 9.08. The summed E-state index contributed by atoms with van der Waals surface area (Å²) in [6.07, 6.45) is 6.01. The largest absolute Gasteiger partial charge is 0.351 e. The molecular formula is C20H27N7. The minimum atomic E-state index is 0.114. The van der Waals surface area contributed by atoms with E-state index in [1.165, 1.54) is 5.56 Å². The molecule has 0 spiro atoms. The molecule has 3 aromatic rings. The predicted molar refractivity (Wildman–Crippen MR) is 107 cm³/mol. The van der Waals surface area contributed by atoms with E-state index in [1.807, 2.05) is 0 Å². The lowest BCUT2D eigenvalue weighted by Gasteiger charge is -2.27. The Balaban J connectivity index is 1.62. The highest BCUT2D eigenvalue weighted by Gasteiger charge is 2.20. The van der Waals surface area contributed by atoms with E-state index >= 15 is 0 Å². The van der Waals surface area contributed by atoms with Crippen molar-refractivity contribution in [2.45, 2.75) is 64.0 Å². The molecule has 1 aliphatic carbocycles. The number of fused-ring (bicyclic) bond motifs is 1. The maximum Gasteiger partial charge on any atom is 0.225 e. The molecule has 7 nitrogen and oxygen atoms in total. The van der Waals surface area contributed by atoms with Gasteiger partial charge in [-0.3, -0.25) is 0 Å². The molecule has 1 aliphatic rings. The Morgan fingerprint density at radius 1 is 1.15 bits per heavy atom. The van der Waals surface area contributed by atoms with Crippen LogP contribution >= 0.6 is 0 Å². The number of hydrogen-bond acceptors (Lipinski definition) is 6. The monoisotopic (exact) mass is 365 g/mol. The van der Waals surface area contributed by atoms with E-state index in [0.717, 1.165) is 31.4 Å². The van der Waals surface area contributed by atoms with E-state index in [0.29, 0.717) is 23.2 Å². The molecule has 2 aromatic heterocycles. The second-order valence-electron chi connectivity index (χ2n) is 8.47. The van der Waals surface area contributed by atoms with Crippen molar-refractivity contribution >= 4 is 17.1 Å². The van der Waals surface area contributed by atoms with Gasteiger partial charge in [-0.1, -0.05) is 38.1 Å². The van der Waals surface area contributed by atoms with Crippen LogP contribution in [-0.4, -0.2) is 37.0 Å². The van der Waals surface area contributed by atoms with E-state index in [2.05, 4.69) is 70.6 Å². The summed E-state index contributed by atoms with van der Waals surface area (Å²) >= 11 is 0. The summed E-state index contributed by atoms with van der Waals surface area (Å²) in [5.41, 5.74) is 9.81. The molecule has 4 rings (SSSR count). The van der Waals surface area contributed by atoms with Gasteiger partial charge >= 0.3 is 0 Å². The molecule has 27 heavy (non-hydrogen) atoms. The minimum Gasteiger partial charge on any atom is -0.351 e. The SMILES string of the molecule is CC(C)(C)c1ccc(-n2nnc3cnc(NC4CCCC(N)C4)nc32)cc1. The molecule has 0 bridgehead atoms. The van der Waals surface area contributed by atoms with E-state index in [4.69, 9.17) is 5.73 Å². The van der Waals surface area contributed by atoms with Crippen molar-refractivity contribution in [2.75, 3.05) is 5.32 Å². The van der Waals surface area contributed by atoms with Gasteiger partial charge in [0.05, 0.1) is 11.9 Å². The number of rotatable bonds is 3. The number of aromatic nitrogens is 5. The number of anilines is 1. The Hall–Kier alpha value is -2.54. The molecule has 0 amide bonds. The van der Waals surface area contributed by atoms with Gasteiger partial charge in [-0.15, -0.1) is 5.10 Å². The van der Waals surface area contributed by atoms with Gasteiger partial charge in [0.1, 0.15) is 0 Å². The van der Waals surface area contributed by atoms with Crippen LogP contribution in [-0.2, 0) is 5.41 Å². The Morgan fingerprint density at radius 3 is 2.63 bits per heavy atom. The van der Waals surface area contributed by atoms with Crippen molar-refractivity contribution in [3.05, 3.63) is 36.0 Å². The maximum absolute atomic E-state index is 6.09. The average molecular weight is 365 g/mol. The first-order valence-electron chi connectivity index (χ1n) is 9.61. The van der Waals surface area contributed by atoms with Crippen molar-refractivity contribution in [1.82, 2.24) is 25.0 Å². The number of nitrogens with one attached hydrogen (secondary N) is 1. The molecule has 0 aliphatic heterocycles. The molecule has 2 unspecified atom stereocenters. The van der Waals surface area contributed by atoms with E-state index in [1.54, 1.807) is 10.9 Å². The Labute approximate surface area is 159 Å². The van der Waals surface area contributed by atoms with Crippen molar-refractivity contribution in [1.29, 1.82) is 0 Å². The third kappa shape index (κ3) is 3.78. The van der Waals surface area contributed by atoms with Gasteiger partial charge in [-0.25, -0.2) is 4.98 Å². The third-order valence-electron chi connectivity index (χ3n) is 5.22. The lowest BCUT2D eigenvalue weighted by molar-refractivity contribution is 0.408. The maximum atomic E-state index is 6.09. The Morgan fingerprint density at radius 2 is 1.93 bits per heavy atom. The second-order valence-corrected chi connectivity index (χ2v) is 8.47. The molecular weight excluding hydrogens is 338 g/mol. The fraction of sp³-hybridized carbons (Fsp3) is 0.500. The second kappa shape index (κ2) is 6.88. The van der Waals surface area contributed by atoms with Crippen LogP contribution in [0.15, 0.2) is 30.5 Å². The fourth-order valence-electron chi connectivity index (χ4n) is 3.62. The molecule has 0 radical (unpaired) electrons. The zero-order valence-electron chi connectivity index (χ0n) is 16.2. The van der Waals surface area contributed by atoms with Crippen LogP contribution in [0.1, 0.15) is 52.0 Å². The zero-order valence-corrected chi connectivity index (χ0v) is 16.2. The molecule has 0 saturated heterocycles. The number of hydrogen-bond donors (Lipinski definition) is 2. The summed E-state index contributed by atoms with van der Waals surface area (Å²) in [5.74, 6) is 0.608. The third-order valence-corrected chi connectivity index (χ3v) is 5.22. The quantitative estimate of drug-likeness (QED) is 0.740. The Kier molecular flexibility index (Phi) is 4.55. The van der Waals surface area contributed by atoms with E-state index in [-0.39, 0.29) is 11.5 Å². The van der Waals surface area contributed by atoms with Gasteiger partial charge in [0.25, 0.3) is 0 Å². The number of nitrogens with two attached hydrogens (primary N) is 1. The first kappa shape index (κ1) is 17.9. The van der Waals surface area contributed by atoms with Crippen LogP contribution in [0.5, 0.6) is 0 Å². The highest BCUT2D eigenvalue weighted by atomic mass is 15.4. The predicted octanol–water partition coefficient (Wildman–Crippen LogP) is 3.19. The molecule has 2 heterocycles. The van der Waals surface area contributed by atoms with Crippen molar-refractivity contribution < 1.29 is 0 Å². The first-order valence-corrected chi connectivity index (χ1v) is 9.61. The smallest absolute Gasteiger partial charge is 0.225 e. The van der Waals surface area contributed by atoms with Crippen molar-refractivity contribution in [3.8, 4) is 5.69 Å². The first-order chi connectivity index (χ1) is 12.9. The highest BCUT2D eigenvalue weighted by Crippen LogP contribution is 2.24. The van der Waals surface area contributed by atoms with Crippen LogP contribution in [0.2, 0.25) is 0 Å². The molecule has 1 fully saturated rings. The normalized spacial score (nSPS) is 20.7. The van der Waals surface area contributed by atoms with Gasteiger partial charge in [0.2, 0.25) is 5.95 Å². The highest BCUT2D eigenvalue weighted by molar-refractivity contribution is 5.72. The standard InChI is InChI=1S/C20H27N7/c1-20(2,3)13-7-9-16(10-8-13)27-18-17(25-26-27)12-22-19(24-18)23-15-6-4-5-14(21)11-15/h7-10,12,14-15H,4-6,11,21H2,1-3H3,(H,22,23,24). The van der Waals surface area contributed by atoms with Crippen LogP contribution in [0.25, 0.3) is 16.9 Å². The average Bonchev–Trinajstić information content (AvgIpc) is 3.04. The summed E-state index contributed by atoms with van der Waals surface area (Å²) in [7, 11) is 0. The summed E-state index contributed by atoms with van der Waals surface area (Å²) in [5, 5.41) is 11.9. The van der Waals surface area contributed by atoms with Gasteiger partial charge in [0.15, 0.2) is 11.2 Å². The topological polar surface area (TPSA) is 94.5 Å². The summed E-state index contributed by atoms with van der Waals surface area (Å²) < 4.78 is 1.77. The molecule has 142 valence electrons. The van der Waals surface area contributed by atoms with Crippen molar-refractivity contribution in [3.63, 3.8) is 0 Å². The van der Waals surface area contributed by atoms with Crippen LogP contribution in [0, 0.1) is 0 Å². The fourth-order valence-corrected chi connectivity index (χ4v) is 3.62. The molecule has 1 aromatic carbocycles. The van der Waals surface area contributed by atoms with E-state index in [9.17, 15) is 0 Å². The zero-order chi connectivity index (χ0) is 19.0. The lowest BCUT2D eigenvalue weighted by Crippen LogP contribution is -2.35. The number of nitrogens with zero attached hydrogens (tertiary/aromatic N) is 5. The molecule has 7 heteroatoms. The summed E-state index contributed by atoms with van der Waals surface area (Å²) in [6.45, 7) is 6.61. The van der Waals surface area contributed by atoms with Crippen LogP contribution in [0.3, 0.4) is 0 Å². The van der Waals surface area contributed by atoms with Crippen molar-refractivity contribution in [2.24, 2.45) is 5.73 Å². The lowest BCUT2D eigenvalue weighted by atomic mass is 9.87. The van der Waals surface area contributed by atoms with Gasteiger partial charge < -0.3 is 11.1 Å². The van der Waals surface area contributed by atoms with Gasteiger partial charge in [0, 0.05) is 12.1 Å². The van der Waals surface area contributed by atoms with Crippen LogP contribution in [0.4, 0.5) is 5.95 Å².